The number of nitrogens with one attached hydrogen (secondary N) is 1. The number of halogens is 2. The zero-order valence-electron chi connectivity index (χ0n) is 13.3. The second-order valence-corrected chi connectivity index (χ2v) is 6.47. The van der Waals surface area contributed by atoms with Gasteiger partial charge in [0, 0.05) is 29.9 Å². The summed E-state index contributed by atoms with van der Waals surface area (Å²) in [5.41, 5.74) is 0.528. The number of hydrogen-bond acceptors (Lipinski definition) is 3. The van der Waals surface area contributed by atoms with Gasteiger partial charge in [0.1, 0.15) is 11.4 Å². The number of amides is 1. The average Bonchev–Trinajstić information content (AvgIpc) is 2.88. The lowest BCUT2D eigenvalue weighted by Crippen LogP contribution is -2.33. The molecule has 7 heteroatoms. The highest BCUT2D eigenvalue weighted by Crippen LogP contribution is 2.20. The van der Waals surface area contributed by atoms with Crippen molar-refractivity contribution >= 4 is 17.7 Å². The molecule has 5 nitrogen and oxygen atoms in total. The quantitative estimate of drug-likeness (QED) is 0.923. The summed E-state index contributed by atoms with van der Waals surface area (Å²) in [5, 5.41) is 3.10. The van der Waals surface area contributed by atoms with Gasteiger partial charge in [-0.2, -0.15) is 0 Å². The van der Waals surface area contributed by atoms with Crippen LogP contribution in [-0.2, 0) is 11.2 Å². The summed E-state index contributed by atoms with van der Waals surface area (Å²) < 4.78 is 20.7. The number of benzene rings is 1. The van der Waals surface area contributed by atoms with Crippen LogP contribution in [0.5, 0.6) is 0 Å². The summed E-state index contributed by atoms with van der Waals surface area (Å²) in [5.74, 6) is -0.395. The SMILES string of the molecule is CC(C)(C)OC(=O)NCCc1cncn1-c1cc(Cl)ccc1F. The van der Waals surface area contributed by atoms with Crippen LogP contribution in [0.2, 0.25) is 5.02 Å². The molecule has 0 saturated carbocycles. The Morgan fingerprint density at radius 1 is 1.43 bits per heavy atom. The molecule has 2 rings (SSSR count). The highest BCUT2D eigenvalue weighted by Gasteiger charge is 2.16. The summed E-state index contributed by atoms with van der Waals surface area (Å²) in [6, 6.07) is 4.32. The molecule has 0 unspecified atom stereocenters. The highest BCUT2D eigenvalue weighted by molar-refractivity contribution is 6.30. The number of rotatable bonds is 4. The Hall–Kier alpha value is -2.08. The van der Waals surface area contributed by atoms with Crippen LogP contribution in [-0.4, -0.2) is 27.8 Å². The minimum Gasteiger partial charge on any atom is -0.444 e. The summed E-state index contributed by atoms with van der Waals surface area (Å²) in [7, 11) is 0. The van der Waals surface area contributed by atoms with Gasteiger partial charge in [0.05, 0.1) is 12.0 Å². The van der Waals surface area contributed by atoms with Crippen molar-refractivity contribution in [3.63, 3.8) is 0 Å². The zero-order chi connectivity index (χ0) is 17.0. The van der Waals surface area contributed by atoms with Crippen molar-refractivity contribution in [1.29, 1.82) is 0 Å². The highest BCUT2D eigenvalue weighted by atomic mass is 35.5. The van der Waals surface area contributed by atoms with Crippen LogP contribution in [0.3, 0.4) is 0 Å². The molecule has 0 atom stereocenters. The smallest absolute Gasteiger partial charge is 0.407 e. The number of carbonyl (C=O) groups excluding carboxylic acids is 1. The van der Waals surface area contributed by atoms with Gasteiger partial charge in [-0.05, 0) is 39.0 Å². The number of imidazole rings is 1. The molecule has 0 aliphatic carbocycles. The van der Waals surface area contributed by atoms with Gasteiger partial charge in [-0.1, -0.05) is 11.6 Å². The van der Waals surface area contributed by atoms with E-state index in [1.54, 1.807) is 31.5 Å². The Labute approximate surface area is 139 Å². The Morgan fingerprint density at radius 2 is 2.17 bits per heavy atom. The number of alkyl carbamates (subject to hydrolysis) is 1. The Kier molecular flexibility index (Phi) is 5.26. The second kappa shape index (κ2) is 7.00. The lowest BCUT2D eigenvalue weighted by Gasteiger charge is -2.19. The molecule has 1 aromatic heterocycles. The third-order valence-electron chi connectivity index (χ3n) is 2.93. The van der Waals surface area contributed by atoms with Gasteiger partial charge in [0.15, 0.2) is 0 Å². The first-order valence-corrected chi connectivity index (χ1v) is 7.57. The Morgan fingerprint density at radius 3 is 2.87 bits per heavy atom. The third-order valence-corrected chi connectivity index (χ3v) is 3.17. The van der Waals surface area contributed by atoms with Crippen LogP contribution in [0.25, 0.3) is 5.69 Å². The first-order valence-electron chi connectivity index (χ1n) is 7.20. The molecule has 0 fully saturated rings. The van der Waals surface area contributed by atoms with Crippen molar-refractivity contribution in [3.05, 3.63) is 47.3 Å². The van der Waals surface area contributed by atoms with Gasteiger partial charge in [-0.15, -0.1) is 0 Å². The lowest BCUT2D eigenvalue weighted by atomic mass is 10.2. The van der Waals surface area contributed by atoms with Crippen LogP contribution in [0.1, 0.15) is 26.5 Å². The molecule has 1 aromatic carbocycles. The van der Waals surface area contributed by atoms with E-state index >= 15 is 0 Å². The maximum atomic E-state index is 14.0. The van der Waals surface area contributed by atoms with Crippen LogP contribution in [0.4, 0.5) is 9.18 Å². The van der Waals surface area contributed by atoms with Gasteiger partial charge in [-0.3, -0.25) is 0 Å². The molecular weight excluding hydrogens is 321 g/mol. The van der Waals surface area contributed by atoms with Gasteiger partial charge in [-0.25, -0.2) is 14.2 Å². The molecule has 1 amide bonds. The van der Waals surface area contributed by atoms with Crippen LogP contribution in [0, 0.1) is 5.82 Å². The molecule has 124 valence electrons. The van der Waals surface area contributed by atoms with E-state index in [1.807, 2.05) is 0 Å². The Bertz CT molecular complexity index is 695. The zero-order valence-corrected chi connectivity index (χ0v) is 14.0. The van der Waals surface area contributed by atoms with E-state index in [0.717, 1.165) is 5.69 Å². The molecule has 0 spiro atoms. The first kappa shape index (κ1) is 17.3. The van der Waals surface area contributed by atoms with Crippen LogP contribution < -0.4 is 5.32 Å². The number of aromatic nitrogens is 2. The topological polar surface area (TPSA) is 56.1 Å². The number of ether oxygens (including phenoxy) is 1. The van der Waals surface area contributed by atoms with E-state index in [1.165, 1.54) is 24.5 Å². The van der Waals surface area contributed by atoms with Gasteiger partial charge in [0.25, 0.3) is 0 Å². The molecule has 0 bridgehead atoms. The molecule has 0 aliphatic rings. The van der Waals surface area contributed by atoms with Gasteiger partial charge < -0.3 is 14.6 Å². The summed E-state index contributed by atoms with van der Waals surface area (Å²) >= 11 is 5.92. The van der Waals surface area contributed by atoms with Crippen molar-refractivity contribution in [2.75, 3.05) is 6.54 Å². The fourth-order valence-corrected chi connectivity index (χ4v) is 2.17. The first-order chi connectivity index (χ1) is 10.8. The minimum atomic E-state index is -0.546. The fourth-order valence-electron chi connectivity index (χ4n) is 2.00. The van der Waals surface area contributed by atoms with Gasteiger partial charge in [0.2, 0.25) is 0 Å². The molecule has 23 heavy (non-hydrogen) atoms. The monoisotopic (exact) mass is 339 g/mol. The second-order valence-electron chi connectivity index (χ2n) is 6.03. The standard InChI is InChI=1S/C16H19ClFN3O2/c1-16(2,3)23-15(22)20-7-6-12-9-19-10-21(12)14-8-11(17)4-5-13(14)18/h4-5,8-10H,6-7H2,1-3H3,(H,20,22). The molecule has 0 radical (unpaired) electrons. The normalized spacial score (nSPS) is 11.3. The van der Waals surface area contributed by atoms with Crippen molar-refractivity contribution in [3.8, 4) is 5.69 Å². The van der Waals surface area contributed by atoms with Crippen molar-refractivity contribution in [2.24, 2.45) is 0 Å². The molecular formula is C16H19ClFN3O2. The maximum absolute atomic E-state index is 14.0. The molecule has 0 saturated heterocycles. The number of carbonyl (C=O) groups is 1. The van der Waals surface area contributed by atoms with E-state index in [2.05, 4.69) is 10.3 Å². The van der Waals surface area contributed by atoms with Crippen molar-refractivity contribution in [2.45, 2.75) is 32.8 Å². The van der Waals surface area contributed by atoms with Crippen LogP contribution >= 0.6 is 11.6 Å². The predicted molar refractivity (Wildman–Crippen MR) is 86.5 cm³/mol. The van der Waals surface area contributed by atoms with E-state index in [9.17, 15) is 9.18 Å². The van der Waals surface area contributed by atoms with E-state index in [0.29, 0.717) is 23.7 Å². The maximum Gasteiger partial charge on any atom is 0.407 e. The molecule has 2 aromatic rings. The number of hydrogen-bond donors (Lipinski definition) is 1. The fraction of sp³-hybridized carbons (Fsp3) is 0.375. The molecule has 1 heterocycles. The largest absolute Gasteiger partial charge is 0.444 e. The van der Waals surface area contributed by atoms with Crippen LogP contribution in [0.15, 0.2) is 30.7 Å². The van der Waals surface area contributed by atoms with E-state index in [-0.39, 0.29) is 0 Å². The molecule has 0 aliphatic heterocycles. The predicted octanol–water partition coefficient (Wildman–Crippen LogP) is 3.73. The summed E-state index contributed by atoms with van der Waals surface area (Å²) in [6.07, 6.45) is 3.12. The van der Waals surface area contributed by atoms with Crippen molar-refractivity contribution in [1.82, 2.24) is 14.9 Å². The van der Waals surface area contributed by atoms with Crippen molar-refractivity contribution < 1.29 is 13.9 Å². The minimum absolute atomic E-state index is 0.322. The third kappa shape index (κ3) is 4.96. The van der Waals surface area contributed by atoms with Gasteiger partial charge >= 0.3 is 6.09 Å². The Balaban J connectivity index is 2.02. The lowest BCUT2D eigenvalue weighted by molar-refractivity contribution is 0.0528. The van der Waals surface area contributed by atoms with E-state index in [4.69, 9.17) is 16.3 Å². The summed E-state index contributed by atoms with van der Waals surface area (Å²) in [6.45, 7) is 5.74. The molecule has 1 N–H and O–H groups in total. The number of nitrogens with zero attached hydrogens (tertiary/aromatic N) is 2. The summed E-state index contributed by atoms with van der Waals surface area (Å²) in [4.78, 5) is 15.6. The van der Waals surface area contributed by atoms with E-state index < -0.39 is 17.5 Å². The average molecular weight is 340 g/mol.